The maximum atomic E-state index is 11.8. The number of cyclic esters (lactones) is 1. The normalized spacial score (nSPS) is 28.1. The second kappa shape index (κ2) is 6.13. The first-order valence-corrected chi connectivity index (χ1v) is 6.63. The highest BCUT2D eigenvalue weighted by atomic mass is 32.1. The van der Waals surface area contributed by atoms with Crippen LogP contribution >= 0.6 is 12.2 Å². The molecule has 0 aromatic rings. The molecule has 102 valence electrons. The fraction of sp³-hybridized carbons (Fsp3) is 0.750. The molecule has 18 heavy (non-hydrogen) atoms. The SMILES string of the molecule is CCCC[C@@H]1C[C@](C)(/C(C)=N\NC(N)=S)OC1=O. The number of carbonyl (C=O) groups is 1. The van der Waals surface area contributed by atoms with E-state index in [2.05, 4.69) is 29.7 Å². The molecule has 1 aliphatic rings. The molecule has 1 heterocycles. The molecule has 1 rings (SSSR count). The van der Waals surface area contributed by atoms with Gasteiger partial charge in [-0.3, -0.25) is 10.2 Å². The van der Waals surface area contributed by atoms with Crippen LogP contribution in [0.25, 0.3) is 0 Å². The molecule has 0 amide bonds. The van der Waals surface area contributed by atoms with Gasteiger partial charge in [0.1, 0.15) is 5.60 Å². The molecule has 0 unspecified atom stereocenters. The van der Waals surface area contributed by atoms with E-state index in [4.69, 9.17) is 10.5 Å². The number of nitrogens with two attached hydrogens (primary N) is 1. The van der Waals surface area contributed by atoms with Crippen LogP contribution in [0.3, 0.4) is 0 Å². The summed E-state index contributed by atoms with van der Waals surface area (Å²) in [6, 6.07) is 0. The van der Waals surface area contributed by atoms with Crippen molar-refractivity contribution < 1.29 is 9.53 Å². The van der Waals surface area contributed by atoms with E-state index in [1.54, 1.807) is 6.92 Å². The summed E-state index contributed by atoms with van der Waals surface area (Å²) in [7, 11) is 0. The number of carbonyl (C=O) groups excluding carboxylic acids is 1. The third-order valence-electron chi connectivity index (χ3n) is 3.30. The van der Waals surface area contributed by atoms with Gasteiger partial charge in [0.2, 0.25) is 0 Å². The molecule has 1 saturated heterocycles. The maximum absolute atomic E-state index is 11.8. The molecule has 1 fully saturated rings. The topological polar surface area (TPSA) is 76.7 Å². The second-order valence-electron chi connectivity index (χ2n) is 4.87. The number of unbranched alkanes of at least 4 members (excludes halogenated alkanes) is 1. The van der Waals surface area contributed by atoms with Gasteiger partial charge in [-0.1, -0.05) is 19.8 Å². The molecule has 3 N–H and O–H groups in total. The number of esters is 1. The number of ether oxygens (including phenoxy) is 1. The number of nitrogens with one attached hydrogen (secondary N) is 1. The minimum atomic E-state index is -0.646. The van der Waals surface area contributed by atoms with Gasteiger partial charge in [0.25, 0.3) is 0 Å². The monoisotopic (exact) mass is 271 g/mol. The summed E-state index contributed by atoms with van der Waals surface area (Å²) >= 11 is 4.68. The zero-order chi connectivity index (χ0) is 13.8. The van der Waals surface area contributed by atoms with Crippen LogP contribution in [0.4, 0.5) is 0 Å². The lowest BCUT2D eigenvalue weighted by Crippen LogP contribution is -2.36. The zero-order valence-electron chi connectivity index (χ0n) is 11.2. The van der Waals surface area contributed by atoms with Crippen LogP contribution in [0.15, 0.2) is 5.10 Å². The van der Waals surface area contributed by atoms with E-state index in [9.17, 15) is 4.79 Å². The average Bonchev–Trinajstić information content (AvgIpc) is 2.59. The number of hydrogen-bond donors (Lipinski definition) is 2. The van der Waals surface area contributed by atoms with Gasteiger partial charge in [0, 0.05) is 6.42 Å². The average molecular weight is 271 g/mol. The molecule has 0 radical (unpaired) electrons. The number of nitrogens with zero attached hydrogens (tertiary/aromatic N) is 1. The first-order chi connectivity index (χ1) is 8.39. The van der Waals surface area contributed by atoms with E-state index in [1.807, 2.05) is 6.92 Å². The van der Waals surface area contributed by atoms with Crippen molar-refractivity contribution in [2.45, 2.75) is 52.1 Å². The standard InChI is InChI=1S/C12H21N3O2S/c1-4-5-6-9-7-12(3,17-10(9)16)8(2)14-15-11(13)18/h9H,4-7H2,1-3H3,(H3,13,15,18)/b14-8-/t9-,12-/m1/s1. The van der Waals surface area contributed by atoms with Gasteiger partial charge in [-0.25, -0.2) is 0 Å². The van der Waals surface area contributed by atoms with Crippen molar-refractivity contribution in [2.75, 3.05) is 0 Å². The lowest BCUT2D eigenvalue weighted by Gasteiger charge is -2.22. The summed E-state index contributed by atoms with van der Waals surface area (Å²) in [4.78, 5) is 11.8. The summed E-state index contributed by atoms with van der Waals surface area (Å²) in [6.07, 6.45) is 3.66. The minimum Gasteiger partial charge on any atom is -0.453 e. The predicted octanol–water partition coefficient (Wildman–Crippen LogP) is 1.71. The highest BCUT2D eigenvalue weighted by Crippen LogP contribution is 2.34. The van der Waals surface area contributed by atoms with E-state index in [-0.39, 0.29) is 17.0 Å². The predicted molar refractivity (Wildman–Crippen MR) is 75.2 cm³/mol. The highest BCUT2D eigenvalue weighted by molar-refractivity contribution is 7.80. The first-order valence-electron chi connectivity index (χ1n) is 6.22. The lowest BCUT2D eigenvalue weighted by molar-refractivity contribution is -0.146. The Bertz CT molecular complexity index is 370. The van der Waals surface area contributed by atoms with Gasteiger partial charge in [-0.2, -0.15) is 5.10 Å². The Hall–Kier alpha value is -1.17. The van der Waals surface area contributed by atoms with Crippen LogP contribution in [0.2, 0.25) is 0 Å². The van der Waals surface area contributed by atoms with E-state index in [0.29, 0.717) is 12.1 Å². The number of hydrogen-bond acceptors (Lipinski definition) is 4. The molecule has 0 aromatic heterocycles. The molecule has 0 aliphatic carbocycles. The van der Waals surface area contributed by atoms with Crippen molar-refractivity contribution in [2.24, 2.45) is 16.8 Å². The van der Waals surface area contributed by atoms with Gasteiger partial charge < -0.3 is 10.5 Å². The van der Waals surface area contributed by atoms with Gasteiger partial charge in [0.15, 0.2) is 5.11 Å². The Morgan fingerprint density at radius 1 is 1.72 bits per heavy atom. The van der Waals surface area contributed by atoms with E-state index >= 15 is 0 Å². The Labute approximate surface area is 113 Å². The fourth-order valence-corrected chi connectivity index (χ4v) is 2.10. The molecule has 0 bridgehead atoms. The van der Waals surface area contributed by atoms with E-state index < -0.39 is 5.60 Å². The molecule has 0 saturated carbocycles. The molecule has 0 spiro atoms. The number of hydrazone groups is 1. The van der Waals surface area contributed by atoms with Crippen molar-refractivity contribution in [3.05, 3.63) is 0 Å². The molecule has 6 heteroatoms. The van der Waals surface area contributed by atoms with Crippen LogP contribution in [0.1, 0.15) is 46.5 Å². The van der Waals surface area contributed by atoms with Gasteiger partial charge in [-0.15, -0.1) is 0 Å². The quantitative estimate of drug-likeness (QED) is 0.344. The summed E-state index contributed by atoms with van der Waals surface area (Å²) < 4.78 is 5.46. The van der Waals surface area contributed by atoms with Crippen LogP contribution in [0.5, 0.6) is 0 Å². The Kier molecular flexibility index (Phi) is 5.07. The van der Waals surface area contributed by atoms with Crippen LogP contribution < -0.4 is 11.2 Å². The summed E-state index contributed by atoms with van der Waals surface area (Å²) in [5, 5.41) is 4.15. The highest BCUT2D eigenvalue weighted by Gasteiger charge is 2.45. The van der Waals surface area contributed by atoms with Crippen molar-refractivity contribution in [3.63, 3.8) is 0 Å². The first kappa shape index (κ1) is 14.9. The van der Waals surface area contributed by atoms with Crippen molar-refractivity contribution in [3.8, 4) is 0 Å². The Morgan fingerprint density at radius 2 is 2.39 bits per heavy atom. The largest absolute Gasteiger partial charge is 0.453 e. The van der Waals surface area contributed by atoms with Crippen LogP contribution in [0, 0.1) is 5.92 Å². The third kappa shape index (κ3) is 3.66. The van der Waals surface area contributed by atoms with Crippen molar-refractivity contribution in [1.29, 1.82) is 0 Å². The molecule has 2 atom stereocenters. The minimum absolute atomic E-state index is 0.0232. The van der Waals surface area contributed by atoms with Crippen LogP contribution in [-0.2, 0) is 9.53 Å². The smallest absolute Gasteiger partial charge is 0.310 e. The van der Waals surface area contributed by atoms with E-state index in [1.165, 1.54) is 0 Å². The summed E-state index contributed by atoms with van der Waals surface area (Å²) in [5.74, 6) is -0.152. The molecule has 1 aliphatic heterocycles. The molecule has 0 aromatic carbocycles. The summed E-state index contributed by atoms with van der Waals surface area (Å²) in [5.41, 5.74) is 7.87. The number of thiocarbonyl (C=S) groups is 1. The Balaban J connectivity index is 2.68. The zero-order valence-corrected chi connectivity index (χ0v) is 12.0. The van der Waals surface area contributed by atoms with Crippen molar-refractivity contribution >= 4 is 29.0 Å². The fourth-order valence-electron chi connectivity index (χ4n) is 2.05. The lowest BCUT2D eigenvalue weighted by atomic mass is 9.89. The van der Waals surface area contributed by atoms with Gasteiger partial charge in [0.05, 0.1) is 11.6 Å². The second-order valence-corrected chi connectivity index (χ2v) is 5.31. The number of rotatable bonds is 5. The van der Waals surface area contributed by atoms with Crippen LogP contribution in [-0.4, -0.2) is 22.4 Å². The molecule has 5 nitrogen and oxygen atoms in total. The van der Waals surface area contributed by atoms with Gasteiger partial charge in [-0.05, 0) is 32.5 Å². The van der Waals surface area contributed by atoms with Crippen molar-refractivity contribution in [1.82, 2.24) is 5.43 Å². The molecular formula is C12H21N3O2S. The Morgan fingerprint density at radius 3 is 2.94 bits per heavy atom. The summed E-state index contributed by atoms with van der Waals surface area (Å²) in [6.45, 7) is 5.79. The maximum Gasteiger partial charge on any atom is 0.310 e. The van der Waals surface area contributed by atoms with Gasteiger partial charge >= 0.3 is 5.97 Å². The van der Waals surface area contributed by atoms with E-state index in [0.717, 1.165) is 19.3 Å². The molecular weight excluding hydrogens is 250 g/mol. The third-order valence-corrected chi connectivity index (χ3v) is 3.39.